The maximum absolute atomic E-state index is 13.6. The lowest BCUT2D eigenvalue weighted by atomic mass is 9.91. The van der Waals surface area contributed by atoms with Gasteiger partial charge in [0.1, 0.15) is 5.82 Å². The lowest BCUT2D eigenvalue weighted by molar-refractivity contribution is -0.231. The van der Waals surface area contributed by atoms with Crippen LogP contribution in [0, 0.1) is 11.2 Å². The van der Waals surface area contributed by atoms with E-state index in [0.717, 1.165) is 19.4 Å². The molecule has 0 bridgehead atoms. The van der Waals surface area contributed by atoms with Gasteiger partial charge in [-0.3, -0.25) is 4.79 Å². The summed E-state index contributed by atoms with van der Waals surface area (Å²) in [4.78, 5) is 29.8. The van der Waals surface area contributed by atoms with Crippen molar-refractivity contribution in [3.8, 4) is 22.6 Å². The van der Waals surface area contributed by atoms with Crippen LogP contribution in [0.3, 0.4) is 0 Å². The molecule has 2 saturated heterocycles. The largest absolute Gasteiger partial charge is 0.376 e. The Morgan fingerprint density at radius 2 is 1.92 bits per heavy atom. The molecule has 1 unspecified atom stereocenters. The highest BCUT2D eigenvalue weighted by molar-refractivity contribution is 5.82. The molecule has 10 nitrogen and oxygen atoms in total. The summed E-state index contributed by atoms with van der Waals surface area (Å²) in [5.74, 6) is 0.434. The summed E-state index contributed by atoms with van der Waals surface area (Å²) in [6.45, 7) is 7.36. The number of hydrogen-bond acceptors (Lipinski definition) is 8. The van der Waals surface area contributed by atoms with E-state index < -0.39 is 11.7 Å². The molecule has 5 rings (SSSR count). The van der Waals surface area contributed by atoms with Gasteiger partial charge in [0.05, 0.1) is 41.8 Å². The Balaban J connectivity index is 1.36. The molecule has 11 heteroatoms. The number of nitrogens with zero attached hydrogens (tertiary/aromatic N) is 3. The van der Waals surface area contributed by atoms with Gasteiger partial charge in [0.2, 0.25) is 18.1 Å². The molecule has 202 valence electrons. The molecule has 0 radical (unpaired) electrons. The third kappa shape index (κ3) is 5.85. The van der Waals surface area contributed by atoms with Crippen LogP contribution in [0.5, 0.6) is 0 Å². The third-order valence-electron chi connectivity index (χ3n) is 6.56. The van der Waals surface area contributed by atoms with Gasteiger partial charge in [-0.1, -0.05) is 0 Å². The lowest BCUT2D eigenvalue weighted by Crippen LogP contribution is -2.49. The van der Waals surface area contributed by atoms with Crippen LogP contribution in [0.15, 0.2) is 36.5 Å². The first-order valence-corrected chi connectivity index (χ1v) is 12.9. The Bertz CT molecular complexity index is 1250. The molecule has 1 amide bonds. The van der Waals surface area contributed by atoms with Crippen molar-refractivity contribution in [2.45, 2.75) is 52.0 Å². The Morgan fingerprint density at radius 1 is 1.16 bits per heavy atom. The predicted molar refractivity (Wildman–Crippen MR) is 139 cm³/mol. The summed E-state index contributed by atoms with van der Waals surface area (Å²) in [5.41, 5.74) is 1.67. The molecule has 3 N–H and O–H groups in total. The summed E-state index contributed by atoms with van der Waals surface area (Å²) in [6, 6.07) is 8.01. The quantitative estimate of drug-likeness (QED) is 0.406. The van der Waals surface area contributed by atoms with Gasteiger partial charge in [-0.2, -0.15) is 0 Å². The summed E-state index contributed by atoms with van der Waals surface area (Å²) in [7, 11) is 0. The first kappa shape index (κ1) is 26.2. The first-order valence-electron chi connectivity index (χ1n) is 12.9. The van der Waals surface area contributed by atoms with E-state index in [0.29, 0.717) is 41.0 Å². The number of H-pyrrole nitrogens is 1. The monoisotopic (exact) mass is 524 g/mol. The van der Waals surface area contributed by atoms with Crippen molar-refractivity contribution in [1.82, 2.24) is 25.3 Å². The molecular formula is C27H33FN6O4. The molecule has 2 aliphatic heterocycles. The van der Waals surface area contributed by atoms with Gasteiger partial charge in [-0.15, -0.1) is 0 Å². The van der Waals surface area contributed by atoms with Crippen LogP contribution in [-0.2, 0) is 19.0 Å². The van der Waals surface area contributed by atoms with Crippen LogP contribution in [0.25, 0.3) is 22.6 Å². The van der Waals surface area contributed by atoms with Crippen molar-refractivity contribution < 1.29 is 23.4 Å². The lowest BCUT2D eigenvalue weighted by Gasteiger charge is -2.35. The van der Waals surface area contributed by atoms with E-state index in [-0.39, 0.29) is 37.1 Å². The van der Waals surface area contributed by atoms with Crippen molar-refractivity contribution >= 4 is 11.9 Å². The zero-order chi connectivity index (χ0) is 26.7. The van der Waals surface area contributed by atoms with Crippen LogP contribution >= 0.6 is 0 Å². The fourth-order valence-corrected chi connectivity index (χ4v) is 4.45. The topological polar surface area (TPSA) is 123 Å². The molecule has 0 saturated carbocycles. The molecule has 2 aromatic heterocycles. The van der Waals surface area contributed by atoms with Gasteiger partial charge in [0, 0.05) is 31.0 Å². The SMILES string of the molecule is CC(C)Nc1nccc(-c2[nH]c(C3OCC(C)(C(=O)NCC4CCCO4)CO3)nc2-c2ccc(F)cc2)n1. The second-order valence-corrected chi connectivity index (χ2v) is 10.3. The van der Waals surface area contributed by atoms with E-state index in [1.807, 2.05) is 20.8 Å². The molecule has 38 heavy (non-hydrogen) atoms. The molecule has 1 atom stereocenters. The minimum Gasteiger partial charge on any atom is -0.376 e. The number of imidazole rings is 1. The van der Waals surface area contributed by atoms with Gasteiger partial charge < -0.3 is 29.8 Å². The van der Waals surface area contributed by atoms with Gasteiger partial charge in [-0.25, -0.2) is 19.3 Å². The van der Waals surface area contributed by atoms with Gasteiger partial charge >= 0.3 is 0 Å². The first-order chi connectivity index (χ1) is 18.3. The Kier molecular flexibility index (Phi) is 7.68. The second-order valence-electron chi connectivity index (χ2n) is 10.3. The average Bonchev–Trinajstić information content (AvgIpc) is 3.59. The van der Waals surface area contributed by atoms with Crippen LogP contribution in [-0.4, -0.2) is 64.4 Å². The highest BCUT2D eigenvalue weighted by Crippen LogP contribution is 2.35. The molecule has 0 spiro atoms. The number of anilines is 1. The molecule has 2 fully saturated rings. The Morgan fingerprint density at radius 3 is 2.61 bits per heavy atom. The average molecular weight is 525 g/mol. The number of carbonyl (C=O) groups is 1. The van der Waals surface area contributed by atoms with E-state index in [1.165, 1.54) is 12.1 Å². The number of benzene rings is 1. The summed E-state index contributed by atoms with van der Waals surface area (Å²) in [6.07, 6.45) is 2.88. The van der Waals surface area contributed by atoms with E-state index in [2.05, 4.69) is 25.6 Å². The minimum atomic E-state index is -0.839. The van der Waals surface area contributed by atoms with Crippen molar-refractivity contribution in [2.75, 3.05) is 31.7 Å². The van der Waals surface area contributed by atoms with E-state index >= 15 is 0 Å². The molecule has 4 heterocycles. The zero-order valence-electron chi connectivity index (χ0n) is 21.8. The smallest absolute Gasteiger partial charge is 0.230 e. The summed E-state index contributed by atoms with van der Waals surface area (Å²) >= 11 is 0. The number of hydrogen-bond donors (Lipinski definition) is 3. The van der Waals surface area contributed by atoms with Gasteiger partial charge in [0.25, 0.3) is 0 Å². The number of halogens is 1. The predicted octanol–water partition coefficient (Wildman–Crippen LogP) is 3.84. The Hall–Kier alpha value is -3.41. The number of aromatic amines is 1. The summed E-state index contributed by atoms with van der Waals surface area (Å²) in [5, 5.41) is 6.17. The van der Waals surface area contributed by atoms with Crippen LogP contribution in [0.2, 0.25) is 0 Å². The molecule has 3 aromatic rings. The van der Waals surface area contributed by atoms with Gasteiger partial charge in [0.15, 0.2) is 5.82 Å². The summed E-state index contributed by atoms with van der Waals surface area (Å²) < 4.78 is 31.2. The highest BCUT2D eigenvalue weighted by Gasteiger charge is 2.41. The molecule has 1 aromatic carbocycles. The fourth-order valence-electron chi connectivity index (χ4n) is 4.45. The fraction of sp³-hybridized carbons (Fsp3) is 0.481. The molecular weight excluding hydrogens is 491 g/mol. The van der Waals surface area contributed by atoms with Crippen LogP contribution in [0.4, 0.5) is 10.3 Å². The number of aromatic nitrogens is 4. The van der Waals surface area contributed by atoms with Crippen molar-refractivity contribution in [2.24, 2.45) is 5.41 Å². The third-order valence-corrected chi connectivity index (χ3v) is 6.56. The zero-order valence-corrected chi connectivity index (χ0v) is 21.8. The number of amides is 1. The maximum atomic E-state index is 13.6. The normalized spacial score (nSPS) is 23.5. The number of ether oxygens (including phenoxy) is 3. The van der Waals surface area contributed by atoms with E-state index in [4.69, 9.17) is 19.2 Å². The van der Waals surface area contributed by atoms with Gasteiger partial charge in [-0.05, 0) is 63.9 Å². The Labute approximate surface area is 220 Å². The standard InChI is InChI=1S/C27H33FN6O4/c1-16(2)31-26-29-11-10-20(32-26)22-21(17-6-8-18(28)9-7-17)33-23(34-22)24-37-14-27(3,15-38-24)25(35)30-13-19-5-4-12-36-19/h6-11,16,19,24H,4-5,12-15H2,1-3H3,(H,30,35)(H,33,34)(H,29,31,32). The van der Waals surface area contributed by atoms with Crippen LogP contribution < -0.4 is 10.6 Å². The number of rotatable bonds is 8. The minimum absolute atomic E-state index is 0.0604. The molecule has 0 aliphatic carbocycles. The maximum Gasteiger partial charge on any atom is 0.230 e. The number of nitrogens with one attached hydrogen (secondary N) is 3. The van der Waals surface area contributed by atoms with Crippen molar-refractivity contribution in [3.05, 3.63) is 48.2 Å². The van der Waals surface area contributed by atoms with E-state index in [9.17, 15) is 9.18 Å². The van der Waals surface area contributed by atoms with Crippen LogP contribution in [0.1, 0.15) is 45.7 Å². The van der Waals surface area contributed by atoms with Crippen molar-refractivity contribution in [1.29, 1.82) is 0 Å². The highest BCUT2D eigenvalue weighted by atomic mass is 19.1. The number of carbonyl (C=O) groups excluding carboxylic acids is 1. The van der Waals surface area contributed by atoms with Crippen molar-refractivity contribution in [3.63, 3.8) is 0 Å². The molecule has 2 aliphatic rings. The van der Waals surface area contributed by atoms with E-state index in [1.54, 1.807) is 24.4 Å². The second kappa shape index (κ2) is 11.1.